The van der Waals surface area contributed by atoms with E-state index in [1.165, 1.54) is 25.7 Å². The number of anilines is 1. The lowest BCUT2D eigenvalue weighted by Gasteiger charge is -2.26. The summed E-state index contributed by atoms with van der Waals surface area (Å²) in [7, 11) is -2.82. The molecule has 0 amide bonds. The first-order valence-corrected chi connectivity index (χ1v) is 14.4. The van der Waals surface area contributed by atoms with Crippen molar-refractivity contribution in [1.29, 1.82) is 0 Å². The molecule has 6 nitrogen and oxygen atoms in total. The Labute approximate surface area is 193 Å². The lowest BCUT2D eigenvalue weighted by Crippen LogP contribution is -2.41. The number of nitrogens with one attached hydrogen (secondary N) is 2. The molecule has 9 heteroatoms. The molecule has 0 radical (unpaired) electrons. The molecule has 1 saturated heterocycles. The second-order valence-electron chi connectivity index (χ2n) is 8.91. The predicted octanol–water partition coefficient (Wildman–Crippen LogP) is 4.16. The van der Waals surface area contributed by atoms with Crippen LogP contribution in [-0.4, -0.2) is 72.3 Å². The molecular weight excluding hydrogens is 452 g/mol. The number of hydrogen-bond donors (Lipinski definition) is 2. The lowest BCUT2D eigenvalue weighted by molar-refractivity contribution is 0.286. The van der Waals surface area contributed by atoms with Crippen molar-refractivity contribution in [3.05, 3.63) is 28.9 Å². The van der Waals surface area contributed by atoms with Gasteiger partial charge < -0.3 is 15.2 Å². The Hall–Kier alpha value is -1.22. The van der Waals surface area contributed by atoms with Gasteiger partial charge in [0.25, 0.3) is 0 Å². The van der Waals surface area contributed by atoms with Gasteiger partial charge in [-0.15, -0.1) is 11.8 Å². The number of hydrogen-bond acceptors (Lipinski definition) is 6. The first-order chi connectivity index (χ1) is 14.9. The smallest absolute Gasteiger partial charge is 0.152 e. The van der Waals surface area contributed by atoms with Crippen molar-refractivity contribution in [3.63, 3.8) is 0 Å². The molecular formula is C22H29ClN4O2S2. The largest absolute Gasteiger partial charge is 0.381 e. The Balaban J connectivity index is 1.27. The maximum atomic E-state index is 11.6. The van der Waals surface area contributed by atoms with Gasteiger partial charge in [0, 0.05) is 41.8 Å². The molecule has 2 N–H and O–H groups in total. The van der Waals surface area contributed by atoms with E-state index in [-0.39, 0.29) is 17.5 Å². The van der Waals surface area contributed by atoms with Crippen LogP contribution in [0.4, 0.5) is 5.69 Å². The van der Waals surface area contributed by atoms with Crippen LogP contribution in [0.3, 0.4) is 0 Å². The number of sulfone groups is 1. The third-order valence-electron chi connectivity index (χ3n) is 6.57. The number of thioether (sulfide) groups is 1. The van der Waals surface area contributed by atoms with E-state index < -0.39 is 9.84 Å². The fourth-order valence-electron chi connectivity index (χ4n) is 4.74. The van der Waals surface area contributed by atoms with E-state index in [0.29, 0.717) is 19.1 Å². The van der Waals surface area contributed by atoms with Gasteiger partial charge in [-0.05, 0) is 37.5 Å². The number of benzene rings is 1. The average Bonchev–Trinajstić information content (AvgIpc) is 3.47. The molecule has 1 aromatic carbocycles. The van der Waals surface area contributed by atoms with Crippen LogP contribution in [0.1, 0.15) is 37.8 Å². The van der Waals surface area contributed by atoms with Crippen molar-refractivity contribution in [2.75, 3.05) is 42.2 Å². The third-order valence-corrected chi connectivity index (χ3v) is 9.54. The maximum absolute atomic E-state index is 11.6. The fraction of sp³-hybridized carbons (Fsp3) is 0.591. The van der Waals surface area contributed by atoms with Gasteiger partial charge in [0.2, 0.25) is 0 Å². The van der Waals surface area contributed by atoms with E-state index in [4.69, 9.17) is 16.6 Å². The van der Waals surface area contributed by atoms with Gasteiger partial charge in [0.15, 0.2) is 9.84 Å². The molecule has 1 atom stereocenters. The molecule has 2 aliphatic heterocycles. The van der Waals surface area contributed by atoms with Crippen LogP contribution in [0.25, 0.3) is 10.9 Å². The highest BCUT2D eigenvalue weighted by Crippen LogP contribution is 2.33. The number of fused-ring (bicyclic) bond motifs is 1. The van der Waals surface area contributed by atoms with E-state index in [1.54, 1.807) is 11.8 Å². The van der Waals surface area contributed by atoms with Crippen LogP contribution in [0.15, 0.2) is 23.2 Å². The summed E-state index contributed by atoms with van der Waals surface area (Å²) in [5.41, 5.74) is 3.25. The van der Waals surface area contributed by atoms with Crippen molar-refractivity contribution in [3.8, 4) is 0 Å². The normalized spacial score (nSPS) is 24.7. The van der Waals surface area contributed by atoms with Gasteiger partial charge in [0.1, 0.15) is 5.04 Å². The average molecular weight is 481 g/mol. The summed E-state index contributed by atoms with van der Waals surface area (Å²) in [6.45, 7) is 2.21. The van der Waals surface area contributed by atoms with Gasteiger partial charge in [-0.25, -0.2) is 8.42 Å². The molecule has 1 saturated carbocycles. The van der Waals surface area contributed by atoms with Crippen molar-refractivity contribution in [2.45, 2.75) is 44.2 Å². The molecule has 1 unspecified atom stereocenters. The summed E-state index contributed by atoms with van der Waals surface area (Å²) in [5, 5.41) is 6.62. The number of aromatic amines is 1. The van der Waals surface area contributed by atoms with Crippen LogP contribution in [0.5, 0.6) is 0 Å². The topological polar surface area (TPSA) is 77.6 Å². The molecule has 31 heavy (non-hydrogen) atoms. The van der Waals surface area contributed by atoms with Crippen molar-refractivity contribution < 1.29 is 8.42 Å². The van der Waals surface area contributed by atoms with Gasteiger partial charge in [0.05, 0.1) is 34.4 Å². The fourth-order valence-corrected chi connectivity index (χ4v) is 7.33. The van der Waals surface area contributed by atoms with Crippen LogP contribution in [0, 0.1) is 0 Å². The minimum atomic E-state index is -2.82. The second-order valence-corrected chi connectivity index (χ2v) is 12.7. The lowest BCUT2D eigenvalue weighted by atomic mass is 10.2. The Morgan fingerprint density at radius 2 is 1.97 bits per heavy atom. The molecule has 2 aromatic rings. The molecule has 1 aromatic heterocycles. The second kappa shape index (κ2) is 8.96. The van der Waals surface area contributed by atoms with Crippen LogP contribution < -0.4 is 5.32 Å². The van der Waals surface area contributed by atoms with E-state index in [9.17, 15) is 8.42 Å². The molecule has 0 spiro atoms. The summed E-state index contributed by atoms with van der Waals surface area (Å²) < 4.78 is 23.2. The van der Waals surface area contributed by atoms with Crippen LogP contribution in [0.2, 0.25) is 5.02 Å². The van der Waals surface area contributed by atoms with Gasteiger partial charge >= 0.3 is 0 Å². The minimum Gasteiger partial charge on any atom is -0.381 e. The summed E-state index contributed by atoms with van der Waals surface area (Å²) in [4.78, 5) is 10.8. The van der Waals surface area contributed by atoms with Gasteiger partial charge in [-0.3, -0.25) is 4.99 Å². The number of nitrogens with zero attached hydrogens (tertiary/aromatic N) is 2. The predicted molar refractivity (Wildman–Crippen MR) is 132 cm³/mol. The molecule has 3 heterocycles. The zero-order valence-corrected chi connectivity index (χ0v) is 20.0. The zero-order valence-electron chi connectivity index (χ0n) is 17.6. The Morgan fingerprint density at radius 1 is 1.19 bits per heavy atom. The highest BCUT2D eigenvalue weighted by Gasteiger charge is 2.25. The first-order valence-electron chi connectivity index (χ1n) is 11.2. The van der Waals surface area contributed by atoms with E-state index in [2.05, 4.69) is 21.3 Å². The summed E-state index contributed by atoms with van der Waals surface area (Å²) in [6.07, 6.45) is 5.99. The highest BCUT2D eigenvalue weighted by molar-refractivity contribution is 8.14. The number of aromatic nitrogens is 1. The van der Waals surface area contributed by atoms with Crippen LogP contribution >= 0.6 is 23.4 Å². The molecule has 2 fully saturated rings. The molecule has 3 aliphatic rings. The maximum Gasteiger partial charge on any atom is 0.152 e. The summed E-state index contributed by atoms with van der Waals surface area (Å²) >= 11 is 8.20. The summed E-state index contributed by atoms with van der Waals surface area (Å²) in [5.74, 6) is 1.55. The Bertz CT molecular complexity index is 1080. The summed E-state index contributed by atoms with van der Waals surface area (Å²) in [6, 6.07) is 7.00. The van der Waals surface area contributed by atoms with E-state index in [1.807, 2.05) is 12.1 Å². The van der Waals surface area contributed by atoms with Gasteiger partial charge in [-0.1, -0.05) is 24.4 Å². The Kier molecular flexibility index (Phi) is 6.25. The zero-order chi connectivity index (χ0) is 21.4. The minimum absolute atomic E-state index is 0.282. The number of H-pyrrole nitrogens is 1. The van der Waals surface area contributed by atoms with E-state index in [0.717, 1.165) is 51.1 Å². The standard InChI is InChI=1S/C22H29ClN4O2S2/c23-16-11-15-12-20(26-21(15)19(13-16)24-17-3-1-2-4-17)22-25-18(14-30-22)5-6-27-7-9-31(28,29)10-8-27/h11-13,17-18,24,26H,1-10,14H2. The highest BCUT2D eigenvalue weighted by atomic mass is 35.5. The SMILES string of the molecule is O=S1(=O)CCN(CCC2CSC(c3cc4cc(Cl)cc(NC5CCCC5)c4[nH]3)=N2)CC1. The van der Waals surface area contributed by atoms with Crippen LogP contribution in [-0.2, 0) is 9.84 Å². The Morgan fingerprint density at radius 3 is 2.74 bits per heavy atom. The molecule has 5 rings (SSSR count). The first kappa shape index (κ1) is 21.6. The van der Waals surface area contributed by atoms with Gasteiger partial charge in [-0.2, -0.15) is 0 Å². The molecule has 168 valence electrons. The third kappa shape index (κ3) is 5.07. The van der Waals surface area contributed by atoms with E-state index >= 15 is 0 Å². The molecule has 0 bridgehead atoms. The quantitative estimate of drug-likeness (QED) is 0.649. The van der Waals surface area contributed by atoms with Crippen molar-refractivity contribution in [1.82, 2.24) is 9.88 Å². The van der Waals surface area contributed by atoms with Crippen molar-refractivity contribution >= 4 is 54.8 Å². The number of halogens is 1. The van der Waals surface area contributed by atoms with Crippen molar-refractivity contribution in [2.24, 2.45) is 4.99 Å². The number of rotatable bonds is 6. The number of aliphatic imine (C=N–C) groups is 1. The monoisotopic (exact) mass is 480 g/mol. The molecule has 1 aliphatic carbocycles.